The number of carbonyl (C=O) groups excluding carboxylic acids is 1. The lowest BCUT2D eigenvalue weighted by Crippen LogP contribution is -2.33. The van der Waals surface area contributed by atoms with E-state index in [1.54, 1.807) is 18.0 Å². The van der Waals surface area contributed by atoms with Crippen LogP contribution < -0.4 is 5.73 Å². The van der Waals surface area contributed by atoms with Crippen molar-refractivity contribution >= 4 is 40.7 Å². The summed E-state index contributed by atoms with van der Waals surface area (Å²) in [6.07, 6.45) is 1.73. The van der Waals surface area contributed by atoms with Crippen molar-refractivity contribution in [2.24, 2.45) is 5.73 Å². The number of nitrogens with zero attached hydrogens (tertiary/aromatic N) is 1. The van der Waals surface area contributed by atoms with Crippen LogP contribution in [0.15, 0.2) is 6.20 Å². The fraction of sp³-hybridized carbons (Fsp3) is 0.500. The summed E-state index contributed by atoms with van der Waals surface area (Å²) in [4.78, 5) is 16.0. The van der Waals surface area contributed by atoms with Crippen molar-refractivity contribution in [1.29, 1.82) is 0 Å². The summed E-state index contributed by atoms with van der Waals surface area (Å²) in [5.41, 5.74) is 5.56. The molecule has 1 heterocycles. The monoisotopic (exact) mass is 266 g/mol. The predicted octanol–water partition coefficient (Wildman–Crippen LogP) is 1.53. The van der Waals surface area contributed by atoms with Gasteiger partial charge in [0, 0.05) is 22.6 Å². The number of thioether (sulfide) groups is 1. The molecule has 1 aromatic rings. The van der Waals surface area contributed by atoms with E-state index in [0.29, 0.717) is 10.2 Å². The number of halogens is 1. The molecule has 1 aromatic heterocycles. The summed E-state index contributed by atoms with van der Waals surface area (Å²) in [6.45, 7) is 0. The molecule has 15 heavy (non-hydrogen) atoms. The van der Waals surface area contributed by atoms with E-state index < -0.39 is 6.04 Å². The van der Waals surface area contributed by atoms with Crippen molar-refractivity contribution in [2.45, 2.75) is 11.8 Å². The van der Waals surface area contributed by atoms with Gasteiger partial charge < -0.3 is 10.5 Å². The van der Waals surface area contributed by atoms with Gasteiger partial charge in [0.25, 0.3) is 0 Å². The van der Waals surface area contributed by atoms with E-state index in [1.807, 2.05) is 0 Å². The first-order valence-electron chi connectivity index (χ1n) is 4.15. The molecule has 0 aromatic carbocycles. The van der Waals surface area contributed by atoms with Gasteiger partial charge in [-0.05, 0) is 0 Å². The second-order valence-electron chi connectivity index (χ2n) is 2.72. The molecule has 0 fully saturated rings. The number of rotatable bonds is 5. The number of nitrogens with two attached hydrogens (primary N) is 1. The summed E-state index contributed by atoms with van der Waals surface area (Å²) in [5.74, 6) is 0.905. The Kier molecular flexibility index (Phi) is 5.38. The van der Waals surface area contributed by atoms with Gasteiger partial charge in [-0.1, -0.05) is 11.6 Å². The van der Waals surface area contributed by atoms with Crippen LogP contribution in [0.1, 0.15) is 4.88 Å². The SMILES string of the molecule is COC(=O)C(N)CSCc1cnc(Cl)s1. The molecule has 0 amide bonds. The number of thiazole rings is 1. The Morgan fingerprint density at radius 2 is 2.60 bits per heavy atom. The summed E-state index contributed by atoms with van der Waals surface area (Å²) < 4.78 is 5.04. The van der Waals surface area contributed by atoms with Crippen molar-refractivity contribution < 1.29 is 9.53 Å². The molecule has 0 saturated heterocycles. The molecule has 1 atom stereocenters. The van der Waals surface area contributed by atoms with Crippen LogP contribution in [0.3, 0.4) is 0 Å². The predicted molar refractivity (Wildman–Crippen MR) is 63.3 cm³/mol. The van der Waals surface area contributed by atoms with Gasteiger partial charge >= 0.3 is 5.97 Å². The smallest absolute Gasteiger partial charge is 0.323 e. The van der Waals surface area contributed by atoms with Crippen LogP contribution >= 0.6 is 34.7 Å². The van der Waals surface area contributed by atoms with Crippen LogP contribution in [0.25, 0.3) is 0 Å². The number of esters is 1. The van der Waals surface area contributed by atoms with Crippen LogP contribution in [-0.4, -0.2) is 29.9 Å². The normalized spacial score (nSPS) is 12.5. The van der Waals surface area contributed by atoms with Crippen LogP contribution in [0.2, 0.25) is 4.47 Å². The Morgan fingerprint density at radius 1 is 1.87 bits per heavy atom. The number of hydrogen-bond acceptors (Lipinski definition) is 6. The highest BCUT2D eigenvalue weighted by molar-refractivity contribution is 7.98. The van der Waals surface area contributed by atoms with Crippen LogP contribution in [0.5, 0.6) is 0 Å². The highest BCUT2D eigenvalue weighted by Gasteiger charge is 2.13. The first-order chi connectivity index (χ1) is 7.13. The maximum atomic E-state index is 11.0. The molecule has 0 bridgehead atoms. The van der Waals surface area contributed by atoms with Gasteiger partial charge in [-0.2, -0.15) is 11.8 Å². The Bertz CT molecular complexity index is 332. The molecule has 0 saturated carbocycles. The molecule has 0 aliphatic carbocycles. The van der Waals surface area contributed by atoms with Gasteiger partial charge in [0.2, 0.25) is 0 Å². The van der Waals surface area contributed by atoms with Crippen molar-refractivity contribution in [2.75, 3.05) is 12.9 Å². The van der Waals surface area contributed by atoms with Gasteiger partial charge in [0.1, 0.15) is 6.04 Å². The molecule has 4 nitrogen and oxygen atoms in total. The molecule has 1 rings (SSSR count). The fourth-order valence-corrected chi connectivity index (χ4v) is 2.90. The molecule has 7 heteroatoms. The standard InChI is InChI=1S/C8H11ClN2O2S2/c1-13-7(12)6(10)4-14-3-5-2-11-8(9)15-5/h2,6H,3-4,10H2,1H3. The Hall–Kier alpha value is -0.300. The average molecular weight is 267 g/mol. The third-order valence-corrected chi connectivity index (χ3v) is 3.98. The lowest BCUT2D eigenvalue weighted by Gasteiger charge is -2.07. The van der Waals surface area contributed by atoms with Gasteiger partial charge in [-0.3, -0.25) is 4.79 Å². The van der Waals surface area contributed by atoms with E-state index in [-0.39, 0.29) is 5.97 Å². The lowest BCUT2D eigenvalue weighted by molar-refractivity contribution is -0.141. The number of aromatic nitrogens is 1. The summed E-state index contributed by atoms with van der Waals surface area (Å²) >= 11 is 8.66. The van der Waals surface area contributed by atoms with Crippen LogP contribution in [0, 0.1) is 0 Å². The van der Waals surface area contributed by atoms with E-state index in [1.165, 1.54) is 18.4 Å². The summed E-state index contributed by atoms with van der Waals surface area (Å²) in [5, 5.41) is 0. The first-order valence-corrected chi connectivity index (χ1v) is 6.49. The lowest BCUT2D eigenvalue weighted by atomic mass is 10.4. The van der Waals surface area contributed by atoms with E-state index >= 15 is 0 Å². The number of ether oxygens (including phenoxy) is 1. The molecule has 2 N–H and O–H groups in total. The molecule has 0 spiro atoms. The van der Waals surface area contributed by atoms with E-state index in [4.69, 9.17) is 17.3 Å². The van der Waals surface area contributed by atoms with E-state index in [9.17, 15) is 4.79 Å². The minimum atomic E-state index is -0.566. The average Bonchev–Trinajstić information content (AvgIpc) is 2.63. The zero-order chi connectivity index (χ0) is 11.3. The second kappa shape index (κ2) is 6.32. The molecule has 1 unspecified atom stereocenters. The summed E-state index contributed by atoms with van der Waals surface area (Å²) in [7, 11) is 1.33. The van der Waals surface area contributed by atoms with Gasteiger partial charge in [-0.25, -0.2) is 4.98 Å². The van der Waals surface area contributed by atoms with Crippen molar-refractivity contribution in [3.63, 3.8) is 0 Å². The number of hydrogen-bond donors (Lipinski definition) is 1. The number of carbonyl (C=O) groups is 1. The van der Waals surface area contributed by atoms with E-state index in [2.05, 4.69) is 9.72 Å². The minimum absolute atomic E-state index is 0.384. The molecule has 0 aliphatic rings. The molecular weight excluding hydrogens is 256 g/mol. The molecular formula is C8H11ClN2O2S2. The van der Waals surface area contributed by atoms with Crippen molar-refractivity contribution in [3.8, 4) is 0 Å². The van der Waals surface area contributed by atoms with Crippen molar-refractivity contribution in [3.05, 3.63) is 15.5 Å². The van der Waals surface area contributed by atoms with Crippen molar-refractivity contribution in [1.82, 2.24) is 4.98 Å². The molecule has 0 radical (unpaired) electrons. The zero-order valence-electron chi connectivity index (χ0n) is 8.10. The van der Waals surface area contributed by atoms with Crippen LogP contribution in [-0.2, 0) is 15.3 Å². The van der Waals surface area contributed by atoms with Gasteiger partial charge in [0.15, 0.2) is 4.47 Å². The molecule has 0 aliphatic heterocycles. The highest BCUT2D eigenvalue weighted by Crippen LogP contribution is 2.22. The number of methoxy groups -OCH3 is 1. The Labute approximate surface area is 101 Å². The molecule has 84 valence electrons. The topological polar surface area (TPSA) is 65.2 Å². The maximum Gasteiger partial charge on any atom is 0.323 e. The first kappa shape index (κ1) is 12.8. The van der Waals surface area contributed by atoms with Gasteiger partial charge in [-0.15, -0.1) is 11.3 Å². The highest BCUT2D eigenvalue weighted by atomic mass is 35.5. The third-order valence-electron chi connectivity index (χ3n) is 1.57. The fourth-order valence-electron chi connectivity index (χ4n) is 0.856. The van der Waals surface area contributed by atoms with Crippen LogP contribution in [0.4, 0.5) is 0 Å². The van der Waals surface area contributed by atoms with E-state index in [0.717, 1.165) is 10.6 Å². The summed E-state index contributed by atoms with van der Waals surface area (Å²) in [6, 6.07) is -0.566. The third kappa shape index (κ3) is 4.38. The maximum absolute atomic E-state index is 11.0. The largest absolute Gasteiger partial charge is 0.468 e. The minimum Gasteiger partial charge on any atom is -0.468 e. The quantitative estimate of drug-likeness (QED) is 0.819. The Morgan fingerprint density at radius 3 is 3.13 bits per heavy atom. The Balaban J connectivity index is 2.24. The zero-order valence-corrected chi connectivity index (χ0v) is 10.5. The van der Waals surface area contributed by atoms with Gasteiger partial charge in [0.05, 0.1) is 7.11 Å². The second-order valence-corrected chi connectivity index (χ2v) is 5.45.